The van der Waals surface area contributed by atoms with Crippen LogP contribution in [0.4, 0.5) is 5.69 Å². The van der Waals surface area contributed by atoms with E-state index >= 15 is 0 Å². The molecule has 7 nitrogen and oxygen atoms in total. The third kappa shape index (κ3) is 5.77. The van der Waals surface area contributed by atoms with E-state index in [2.05, 4.69) is 22.1 Å². The maximum Gasteiger partial charge on any atom is 0.335 e. The fraction of sp³-hybridized carbons (Fsp3) is 0.294. The third-order valence-corrected chi connectivity index (χ3v) is 4.00. The van der Waals surface area contributed by atoms with Crippen LogP contribution in [-0.2, 0) is 20.9 Å². The van der Waals surface area contributed by atoms with Gasteiger partial charge in [-0.05, 0) is 26.0 Å². The Morgan fingerprint density at radius 1 is 1.32 bits per heavy atom. The number of hydrogen-bond donors (Lipinski definition) is 1. The summed E-state index contributed by atoms with van der Waals surface area (Å²) in [6.07, 6.45) is 0.850. The highest BCUT2D eigenvalue weighted by Gasteiger charge is 2.17. The van der Waals surface area contributed by atoms with E-state index in [1.807, 2.05) is 31.2 Å². The summed E-state index contributed by atoms with van der Waals surface area (Å²) in [5.74, 6) is -0.871. The van der Waals surface area contributed by atoms with Crippen molar-refractivity contribution < 1.29 is 19.1 Å². The maximum absolute atomic E-state index is 12.1. The first-order valence-corrected chi connectivity index (χ1v) is 8.40. The van der Waals surface area contributed by atoms with Crippen LogP contribution in [0.2, 0.25) is 0 Å². The minimum Gasteiger partial charge on any atom is -0.456 e. The molecule has 0 aliphatic rings. The van der Waals surface area contributed by atoms with Crippen molar-refractivity contribution in [2.45, 2.75) is 26.6 Å². The van der Waals surface area contributed by atoms with Crippen molar-refractivity contribution in [3.63, 3.8) is 0 Å². The number of aromatic nitrogens is 2. The number of amides is 1. The first-order chi connectivity index (χ1) is 12.0. The molecule has 0 aliphatic heterocycles. The van der Waals surface area contributed by atoms with E-state index in [1.165, 1.54) is 0 Å². The number of nitrogens with one attached hydrogen (secondary N) is 1. The average molecular weight is 361 g/mol. The van der Waals surface area contributed by atoms with E-state index in [-0.39, 0.29) is 24.1 Å². The Balaban J connectivity index is 1.86. The van der Waals surface area contributed by atoms with Crippen molar-refractivity contribution in [1.29, 1.82) is 0 Å². The van der Waals surface area contributed by atoms with Crippen LogP contribution >= 0.6 is 11.3 Å². The molecular formula is C17H19N3O4S. The molecule has 0 saturated heterocycles. The summed E-state index contributed by atoms with van der Waals surface area (Å²) in [5.41, 5.74) is 1.77. The highest BCUT2D eigenvalue weighted by Crippen LogP contribution is 2.15. The molecule has 0 radical (unpaired) electrons. The van der Waals surface area contributed by atoms with Crippen molar-refractivity contribution in [1.82, 2.24) is 10.2 Å². The summed E-state index contributed by atoms with van der Waals surface area (Å²) in [7, 11) is 0. The normalized spacial score (nSPS) is 11.6. The van der Waals surface area contributed by atoms with Crippen LogP contribution in [-0.4, -0.2) is 34.8 Å². The summed E-state index contributed by atoms with van der Waals surface area (Å²) < 4.78 is 10.3. The molecule has 132 valence electrons. The van der Waals surface area contributed by atoms with Crippen molar-refractivity contribution in [2.75, 3.05) is 11.9 Å². The molecule has 0 saturated carbocycles. The first kappa shape index (κ1) is 18.8. The van der Waals surface area contributed by atoms with E-state index in [4.69, 9.17) is 9.47 Å². The summed E-state index contributed by atoms with van der Waals surface area (Å²) in [6, 6.07) is 7.41. The molecule has 2 rings (SSSR count). The van der Waals surface area contributed by atoms with Crippen molar-refractivity contribution in [2.24, 2.45) is 0 Å². The number of anilines is 1. The van der Waals surface area contributed by atoms with Crippen LogP contribution in [0.5, 0.6) is 0 Å². The number of rotatable bonds is 8. The SMILES string of the molecule is C=CCOC(C)C(=O)OCc1nnc(C(=O)Nc2ccc(C)cc2)s1. The maximum atomic E-state index is 12.1. The molecule has 8 heteroatoms. The standard InChI is InChI=1S/C17H19N3O4S/c1-4-9-23-12(3)17(22)24-10-14-19-20-16(25-14)15(21)18-13-7-5-11(2)6-8-13/h4-8,12H,1,9-10H2,2-3H3,(H,18,21). The molecule has 25 heavy (non-hydrogen) atoms. The number of nitrogens with zero attached hydrogens (tertiary/aromatic N) is 2. The minimum absolute atomic E-state index is 0.0594. The fourth-order valence-corrected chi connectivity index (χ4v) is 2.40. The van der Waals surface area contributed by atoms with Gasteiger partial charge in [-0.1, -0.05) is 35.1 Å². The first-order valence-electron chi connectivity index (χ1n) is 7.59. The van der Waals surface area contributed by atoms with Crippen molar-refractivity contribution in [3.05, 3.63) is 52.5 Å². The summed E-state index contributed by atoms with van der Waals surface area (Å²) in [5, 5.41) is 11.0. The zero-order valence-electron chi connectivity index (χ0n) is 14.0. The van der Waals surface area contributed by atoms with Gasteiger partial charge in [-0.25, -0.2) is 4.79 Å². The molecule has 1 N–H and O–H groups in total. The van der Waals surface area contributed by atoms with Gasteiger partial charge in [0.15, 0.2) is 11.1 Å². The number of carbonyl (C=O) groups excluding carboxylic acids is 2. The zero-order valence-corrected chi connectivity index (χ0v) is 14.8. The van der Waals surface area contributed by atoms with Crippen LogP contribution in [0.1, 0.15) is 27.3 Å². The number of esters is 1. The predicted molar refractivity (Wildman–Crippen MR) is 94.4 cm³/mol. The van der Waals surface area contributed by atoms with E-state index < -0.39 is 12.1 Å². The Morgan fingerprint density at radius 2 is 2.04 bits per heavy atom. The Kier molecular flexibility index (Phi) is 6.79. The van der Waals surface area contributed by atoms with E-state index in [0.717, 1.165) is 16.9 Å². The summed E-state index contributed by atoms with van der Waals surface area (Å²) in [6.45, 7) is 7.27. The Hall–Kier alpha value is -2.58. The Morgan fingerprint density at radius 3 is 2.72 bits per heavy atom. The van der Waals surface area contributed by atoms with Gasteiger partial charge >= 0.3 is 5.97 Å². The van der Waals surface area contributed by atoms with Crippen LogP contribution in [0.25, 0.3) is 0 Å². The lowest BCUT2D eigenvalue weighted by Gasteiger charge is -2.10. The third-order valence-electron chi connectivity index (χ3n) is 3.10. The molecule has 0 aliphatic carbocycles. The molecule has 1 aromatic heterocycles. The Labute approximate surface area is 149 Å². The van der Waals surface area contributed by atoms with Gasteiger partial charge in [0.05, 0.1) is 6.61 Å². The molecule has 1 aromatic carbocycles. The van der Waals surface area contributed by atoms with Crippen molar-refractivity contribution >= 4 is 28.9 Å². The predicted octanol–water partition coefficient (Wildman–Crippen LogP) is 2.73. The fourth-order valence-electron chi connectivity index (χ4n) is 1.76. The van der Waals surface area contributed by atoms with Gasteiger partial charge in [-0.3, -0.25) is 4.79 Å². The van der Waals surface area contributed by atoms with E-state index in [1.54, 1.807) is 13.0 Å². The summed E-state index contributed by atoms with van der Waals surface area (Å²) >= 11 is 1.07. The molecule has 1 heterocycles. The topological polar surface area (TPSA) is 90.4 Å². The smallest absolute Gasteiger partial charge is 0.335 e. The van der Waals surface area contributed by atoms with Crippen LogP contribution in [0.3, 0.4) is 0 Å². The zero-order chi connectivity index (χ0) is 18.2. The number of ether oxygens (including phenoxy) is 2. The monoisotopic (exact) mass is 361 g/mol. The molecule has 0 fully saturated rings. The molecule has 0 bridgehead atoms. The lowest BCUT2D eigenvalue weighted by Crippen LogP contribution is -2.23. The van der Waals surface area contributed by atoms with Gasteiger partial charge in [-0.15, -0.1) is 16.8 Å². The lowest BCUT2D eigenvalue weighted by atomic mass is 10.2. The van der Waals surface area contributed by atoms with E-state index in [0.29, 0.717) is 10.7 Å². The minimum atomic E-state index is -0.699. The highest BCUT2D eigenvalue weighted by molar-refractivity contribution is 7.13. The molecule has 1 amide bonds. The Bertz CT molecular complexity index is 743. The van der Waals surface area contributed by atoms with Gasteiger partial charge < -0.3 is 14.8 Å². The molecule has 1 atom stereocenters. The van der Waals surface area contributed by atoms with Gasteiger partial charge in [0.2, 0.25) is 5.01 Å². The second-order valence-corrected chi connectivity index (χ2v) is 6.26. The molecule has 0 spiro atoms. The van der Waals surface area contributed by atoms with Crippen LogP contribution < -0.4 is 5.32 Å². The number of carbonyl (C=O) groups is 2. The van der Waals surface area contributed by atoms with Crippen molar-refractivity contribution in [3.8, 4) is 0 Å². The largest absolute Gasteiger partial charge is 0.456 e. The highest BCUT2D eigenvalue weighted by atomic mass is 32.1. The quantitative estimate of drug-likeness (QED) is 0.574. The van der Waals surface area contributed by atoms with Crippen LogP contribution in [0, 0.1) is 6.92 Å². The van der Waals surface area contributed by atoms with Gasteiger partial charge in [0, 0.05) is 5.69 Å². The van der Waals surface area contributed by atoms with Gasteiger partial charge in [-0.2, -0.15) is 0 Å². The van der Waals surface area contributed by atoms with Gasteiger partial charge in [0.25, 0.3) is 5.91 Å². The number of aryl methyl sites for hydroxylation is 1. The van der Waals surface area contributed by atoms with Crippen LogP contribution in [0.15, 0.2) is 36.9 Å². The van der Waals surface area contributed by atoms with Gasteiger partial charge in [0.1, 0.15) is 6.61 Å². The molecule has 1 unspecified atom stereocenters. The lowest BCUT2D eigenvalue weighted by molar-refractivity contribution is -0.156. The number of benzene rings is 1. The summed E-state index contributed by atoms with van der Waals surface area (Å²) in [4.78, 5) is 23.9. The second-order valence-electron chi connectivity index (χ2n) is 5.19. The van der Waals surface area contributed by atoms with E-state index in [9.17, 15) is 9.59 Å². The molecular weight excluding hydrogens is 342 g/mol. The molecule has 2 aromatic rings. The average Bonchev–Trinajstić information content (AvgIpc) is 3.08. The number of hydrogen-bond acceptors (Lipinski definition) is 7. The second kappa shape index (κ2) is 9.05.